The van der Waals surface area contributed by atoms with E-state index in [1.807, 2.05) is 12.2 Å². The summed E-state index contributed by atoms with van der Waals surface area (Å²) in [5, 5.41) is 30.4. The molecule has 0 radical (unpaired) electrons. The molecule has 0 heterocycles. The van der Waals surface area contributed by atoms with Crippen LogP contribution in [0.3, 0.4) is 0 Å². The van der Waals surface area contributed by atoms with Gasteiger partial charge in [0.25, 0.3) is 0 Å². The molecule has 1 aliphatic rings. The fourth-order valence-corrected chi connectivity index (χ4v) is 3.50. The van der Waals surface area contributed by atoms with E-state index >= 15 is 0 Å². The molecule has 5 atom stereocenters. The molecule has 144 valence electrons. The number of aliphatic hydroxyl groups is 3. The van der Waals surface area contributed by atoms with Gasteiger partial charge in [0.2, 0.25) is 0 Å². The molecule has 1 rings (SSSR count). The average Bonchev–Trinajstić information content (AvgIpc) is 2.82. The largest absolute Gasteiger partial charge is 0.393 e. The van der Waals surface area contributed by atoms with Crippen molar-refractivity contribution in [1.82, 2.24) is 0 Å². The van der Waals surface area contributed by atoms with Crippen molar-refractivity contribution in [3.05, 3.63) is 24.3 Å². The van der Waals surface area contributed by atoms with Crippen LogP contribution in [0.25, 0.3) is 0 Å². The Hall–Kier alpha value is -0.970. The summed E-state index contributed by atoms with van der Waals surface area (Å²) in [7, 11) is 0. The summed E-state index contributed by atoms with van der Waals surface area (Å²) in [6.45, 7) is 3.74. The number of ketones is 1. The summed E-state index contributed by atoms with van der Waals surface area (Å²) in [4.78, 5) is 10.9. The molecule has 0 bridgehead atoms. The number of carbonyl (C=O) groups is 1. The van der Waals surface area contributed by atoms with Crippen molar-refractivity contribution in [3.8, 4) is 0 Å². The molecule has 25 heavy (non-hydrogen) atoms. The number of hydrogen-bond acceptors (Lipinski definition) is 4. The predicted octanol–water partition coefficient (Wildman–Crippen LogP) is 3.55. The first-order valence-electron chi connectivity index (χ1n) is 9.82. The van der Waals surface area contributed by atoms with Crippen LogP contribution in [-0.4, -0.2) is 39.4 Å². The summed E-state index contributed by atoms with van der Waals surface area (Å²) < 4.78 is 0. The lowest BCUT2D eigenvalue weighted by molar-refractivity contribution is -0.117. The Labute approximate surface area is 152 Å². The van der Waals surface area contributed by atoms with Gasteiger partial charge in [0, 0.05) is 18.8 Å². The summed E-state index contributed by atoms with van der Waals surface area (Å²) in [6.07, 6.45) is 13.7. The molecule has 1 aliphatic carbocycles. The maximum absolute atomic E-state index is 10.9. The maximum Gasteiger partial charge on any atom is 0.129 e. The number of rotatable bonds is 12. The predicted molar refractivity (Wildman–Crippen MR) is 101 cm³/mol. The van der Waals surface area contributed by atoms with Crippen LogP contribution in [0.5, 0.6) is 0 Å². The molecule has 0 saturated heterocycles. The Morgan fingerprint density at radius 2 is 1.92 bits per heavy atom. The number of hydrogen-bond donors (Lipinski definition) is 3. The summed E-state index contributed by atoms with van der Waals surface area (Å²) in [5.41, 5.74) is 0. The highest BCUT2D eigenvalue weighted by Gasteiger charge is 2.39. The topological polar surface area (TPSA) is 77.8 Å². The second-order valence-electron chi connectivity index (χ2n) is 7.36. The van der Waals surface area contributed by atoms with E-state index in [9.17, 15) is 20.1 Å². The third kappa shape index (κ3) is 8.80. The van der Waals surface area contributed by atoms with Crippen LogP contribution in [0, 0.1) is 11.8 Å². The Bertz CT molecular complexity index is 430. The smallest absolute Gasteiger partial charge is 0.129 e. The van der Waals surface area contributed by atoms with Gasteiger partial charge in [-0.15, -0.1) is 0 Å². The summed E-state index contributed by atoms with van der Waals surface area (Å²) in [5.74, 6) is 0.0845. The van der Waals surface area contributed by atoms with E-state index in [0.29, 0.717) is 19.3 Å². The maximum atomic E-state index is 10.9. The first kappa shape index (κ1) is 22.1. The van der Waals surface area contributed by atoms with E-state index in [4.69, 9.17) is 0 Å². The normalized spacial score (nSPS) is 28.2. The molecule has 0 aliphatic heterocycles. The molecule has 3 N–H and O–H groups in total. The number of Topliss-reactive ketones (excluding diaryl/α,β-unsaturated/α-hetero) is 1. The van der Waals surface area contributed by atoms with E-state index in [0.717, 1.165) is 38.5 Å². The highest BCUT2D eigenvalue weighted by Crippen LogP contribution is 2.36. The summed E-state index contributed by atoms with van der Waals surface area (Å²) >= 11 is 0. The Morgan fingerprint density at radius 1 is 1.16 bits per heavy atom. The van der Waals surface area contributed by atoms with Crippen molar-refractivity contribution in [1.29, 1.82) is 0 Å². The van der Waals surface area contributed by atoms with Crippen LogP contribution in [-0.2, 0) is 4.79 Å². The third-order valence-corrected chi connectivity index (χ3v) is 5.05. The number of aliphatic hydroxyl groups excluding tert-OH is 3. The molecule has 4 nitrogen and oxygen atoms in total. The highest BCUT2D eigenvalue weighted by atomic mass is 16.3. The van der Waals surface area contributed by atoms with E-state index < -0.39 is 18.3 Å². The van der Waals surface area contributed by atoms with Gasteiger partial charge in [0.15, 0.2) is 0 Å². The van der Waals surface area contributed by atoms with Gasteiger partial charge in [0.1, 0.15) is 5.78 Å². The van der Waals surface area contributed by atoms with Gasteiger partial charge in [-0.3, -0.25) is 0 Å². The SMILES string of the molecule is CCCCCC(O)C=CC1C(O)CC(O)C1CC=CCCCC(C)=O. The van der Waals surface area contributed by atoms with Crippen LogP contribution in [0.1, 0.15) is 71.6 Å². The molecular weight excluding hydrogens is 316 g/mol. The Morgan fingerprint density at radius 3 is 2.60 bits per heavy atom. The molecule has 0 spiro atoms. The lowest BCUT2D eigenvalue weighted by Crippen LogP contribution is -2.20. The van der Waals surface area contributed by atoms with Crippen LogP contribution in [0.15, 0.2) is 24.3 Å². The van der Waals surface area contributed by atoms with Crippen molar-refractivity contribution in [3.63, 3.8) is 0 Å². The highest BCUT2D eigenvalue weighted by molar-refractivity contribution is 5.75. The Kier molecular flexibility index (Phi) is 10.9. The Balaban J connectivity index is 2.46. The van der Waals surface area contributed by atoms with E-state index in [-0.39, 0.29) is 17.6 Å². The van der Waals surface area contributed by atoms with Gasteiger partial charge in [0.05, 0.1) is 18.3 Å². The molecule has 0 amide bonds. The lowest BCUT2D eigenvalue weighted by atomic mass is 9.89. The van der Waals surface area contributed by atoms with Crippen molar-refractivity contribution in [2.24, 2.45) is 11.8 Å². The standard InChI is InChI=1S/C21H36O4/c1-3-4-7-11-17(23)13-14-19-18(20(24)15-21(19)25)12-9-6-5-8-10-16(2)22/h6,9,13-14,17-21,23-25H,3-5,7-8,10-12,15H2,1-2H3. The van der Waals surface area contributed by atoms with Crippen LogP contribution >= 0.6 is 0 Å². The quantitative estimate of drug-likeness (QED) is 0.371. The fraction of sp³-hybridized carbons (Fsp3) is 0.762. The second-order valence-corrected chi connectivity index (χ2v) is 7.36. The minimum atomic E-state index is -0.551. The lowest BCUT2D eigenvalue weighted by Gasteiger charge is -2.19. The molecule has 1 saturated carbocycles. The van der Waals surface area contributed by atoms with Crippen LogP contribution in [0.2, 0.25) is 0 Å². The van der Waals surface area contributed by atoms with Crippen molar-refractivity contribution >= 4 is 5.78 Å². The van der Waals surface area contributed by atoms with Crippen molar-refractivity contribution < 1.29 is 20.1 Å². The van der Waals surface area contributed by atoms with Crippen molar-refractivity contribution in [2.45, 2.75) is 89.9 Å². The zero-order valence-corrected chi connectivity index (χ0v) is 15.8. The molecule has 5 unspecified atom stereocenters. The van der Waals surface area contributed by atoms with Crippen LogP contribution < -0.4 is 0 Å². The van der Waals surface area contributed by atoms with Crippen LogP contribution in [0.4, 0.5) is 0 Å². The number of carbonyl (C=O) groups excluding carboxylic acids is 1. The number of unbranched alkanes of at least 4 members (excludes halogenated alkanes) is 3. The minimum Gasteiger partial charge on any atom is -0.393 e. The molecule has 1 fully saturated rings. The van der Waals surface area contributed by atoms with Gasteiger partial charge in [-0.25, -0.2) is 0 Å². The molecule has 0 aromatic heterocycles. The van der Waals surface area contributed by atoms with Crippen molar-refractivity contribution in [2.75, 3.05) is 0 Å². The molecule has 4 heteroatoms. The average molecular weight is 353 g/mol. The second kappa shape index (κ2) is 12.4. The summed E-state index contributed by atoms with van der Waals surface area (Å²) in [6, 6.07) is 0. The minimum absolute atomic E-state index is 0.0156. The first-order valence-corrected chi connectivity index (χ1v) is 9.82. The zero-order valence-electron chi connectivity index (χ0n) is 15.8. The molecule has 0 aromatic rings. The van der Waals surface area contributed by atoms with Gasteiger partial charge >= 0.3 is 0 Å². The van der Waals surface area contributed by atoms with Gasteiger partial charge in [-0.2, -0.15) is 0 Å². The molecule has 0 aromatic carbocycles. The third-order valence-electron chi connectivity index (χ3n) is 5.05. The van der Waals surface area contributed by atoms with Gasteiger partial charge in [-0.05, 0) is 38.5 Å². The van der Waals surface area contributed by atoms with Gasteiger partial charge in [-0.1, -0.05) is 50.5 Å². The van der Waals surface area contributed by atoms with Gasteiger partial charge < -0.3 is 20.1 Å². The van der Waals surface area contributed by atoms with E-state index in [1.54, 1.807) is 13.0 Å². The van der Waals surface area contributed by atoms with E-state index in [1.165, 1.54) is 0 Å². The fourth-order valence-electron chi connectivity index (χ4n) is 3.50. The monoisotopic (exact) mass is 352 g/mol. The first-order chi connectivity index (χ1) is 12.0. The zero-order chi connectivity index (χ0) is 18.7. The van der Waals surface area contributed by atoms with E-state index in [2.05, 4.69) is 13.0 Å². The number of allylic oxidation sites excluding steroid dienone is 2. The molecular formula is C21H36O4.